The van der Waals surface area contributed by atoms with Crippen molar-refractivity contribution < 1.29 is 9.53 Å². The van der Waals surface area contributed by atoms with E-state index in [0.717, 1.165) is 64.6 Å². The predicted octanol–water partition coefficient (Wildman–Crippen LogP) is 2.63. The predicted molar refractivity (Wildman–Crippen MR) is 108 cm³/mol. The lowest BCUT2D eigenvalue weighted by Crippen LogP contribution is -2.32. The van der Waals surface area contributed by atoms with Crippen molar-refractivity contribution in [2.75, 3.05) is 51.3 Å². The molecule has 1 aromatic heterocycles. The van der Waals surface area contributed by atoms with Gasteiger partial charge in [-0.1, -0.05) is 13.8 Å². The van der Waals surface area contributed by atoms with Gasteiger partial charge in [0.2, 0.25) is 0 Å². The number of hydrogen-bond donors (Lipinski definition) is 2. The minimum Gasteiger partial charge on any atom is -0.381 e. The van der Waals surface area contributed by atoms with E-state index in [1.807, 2.05) is 12.1 Å². The summed E-state index contributed by atoms with van der Waals surface area (Å²) in [5.41, 5.74) is 0.628. The average Bonchev–Trinajstić information content (AvgIpc) is 3.12. The third-order valence-corrected chi connectivity index (χ3v) is 5.48. The minimum atomic E-state index is -0.0270. The van der Waals surface area contributed by atoms with Gasteiger partial charge in [-0.05, 0) is 55.7 Å². The van der Waals surface area contributed by atoms with Crippen LogP contribution in [0.2, 0.25) is 0 Å². The van der Waals surface area contributed by atoms with Crippen molar-refractivity contribution in [3.63, 3.8) is 0 Å². The van der Waals surface area contributed by atoms with Crippen LogP contribution in [0.15, 0.2) is 18.3 Å². The third-order valence-electron chi connectivity index (χ3n) is 5.48. The number of rotatable bonds is 8. The SMILES string of the molecule is CC(C)CN1CCC(CNC(=O)c2ccc(NCC3CCOCC3)nc2)C1. The Balaban J connectivity index is 1.38. The lowest BCUT2D eigenvalue weighted by molar-refractivity contribution is 0.0699. The summed E-state index contributed by atoms with van der Waals surface area (Å²) in [4.78, 5) is 19.3. The fourth-order valence-corrected chi connectivity index (χ4v) is 3.93. The van der Waals surface area contributed by atoms with E-state index < -0.39 is 0 Å². The van der Waals surface area contributed by atoms with Gasteiger partial charge in [0.05, 0.1) is 5.56 Å². The van der Waals surface area contributed by atoms with E-state index in [1.165, 1.54) is 6.42 Å². The maximum absolute atomic E-state index is 12.4. The monoisotopic (exact) mass is 374 g/mol. The van der Waals surface area contributed by atoms with Gasteiger partial charge >= 0.3 is 0 Å². The van der Waals surface area contributed by atoms with Crippen molar-refractivity contribution in [3.05, 3.63) is 23.9 Å². The number of pyridine rings is 1. The van der Waals surface area contributed by atoms with Gasteiger partial charge in [0.1, 0.15) is 5.82 Å². The van der Waals surface area contributed by atoms with E-state index in [4.69, 9.17) is 4.74 Å². The molecule has 27 heavy (non-hydrogen) atoms. The van der Waals surface area contributed by atoms with Crippen molar-refractivity contribution in [2.45, 2.75) is 33.1 Å². The maximum atomic E-state index is 12.4. The topological polar surface area (TPSA) is 66.5 Å². The van der Waals surface area contributed by atoms with Gasteiger partial charge in [0.25, 0.3) is 5.91 Å². The Morgan fingerprint density at radius 3 is 2.74 bits per heavy atom. The van der Waals surface area contributed by atoms with E-state index in [1.54, 1.807) is 6.20 Å². The number of ether oxygens (including phenoxy) is 1. The number of aromatic nitrogens is 1. The first-order valence-electron chi connectivity index (χ1n) is 10.4. The fourth-order valence-electron chi connectivity index (χ4n) is 3.93. The van der Waals surface area contributed by atoms with Gasteiger partial charge in [0.15, 0.2) is 0 Å². The molecule has 3 heterocycles. The normalized spacial score (nSPS) is 21.5. The van der Waals surface area contributed by atoms with Gasteiger partial charge < -0.3 is 20.3 Å². The average molecular weight is 375 g/mol. The number of carbonyl (C=O) groups excluding carboxylic acids is 1. The molecule has 0 aromatic carbocycles. The van der Waals surface area contributed by atoms with Crippen LogP contribution in [-0.4, -0.2) is 61.7 Å². The summed E-state index contributed by atoms with van der Waals surface area (Å²) in [7, 11) is 0. The van der Waals surface area contributed by atoms with Gasteiger partial charge in [-0.25, -0.2) is 4.98 Å². The van der Waals surface area contributed by atoms with E-state index in [-0.39, 0.29) is 5.91 Å². The Labute approximate surface area is 163 Å². The van der Waals surface area contributed by atoms with Crippen molar-refractivity contribution in [2.24, 2.45) is 17.8 Å². The number of anilines is 1. The Morgan fingerprint density at radius 2 is 2.04 bits per heavy atom. The highest BCUT2D eigenvalue weighted by Gasteiger charge is 2.23. The van der Waals surface area contributed by atoms with Gasteiger partial charge in [0, 0.05) is 45.6 Å². The zero-order valence-corrected chi connectivity index (χ0v) is 16.7. The lowest BCUT2D eigenvalue weighted by atomic mass is 10.0. The molecule has 2 aliphatic heterocycles. The summed E-state index contributed by atoms with van der Waals surface area (Å²) in [6.07, 6.45) is 5.04. The van der Waals surface area contributed by atoms with E-state index in [0.29, 0.717) is 23.3 Å². The van der Waals surface area contributed by atoms with Crippen LogP contribution < -0.4 is 10.6 Å². The molecule has 1 atom stereocenters. The smallest absolute Gasteiger partial charge is 0.252 e. The molecule has 0 aliphatic carbocycles. The highest BCUT2D eigenvalue weighted by molar-refractivity contribution is 5.94. The summed E-state index contributed by atoms with van der Waals surface area (Å²) in [5.74, 6) is 2.70. The molecule has 3 rings (SSSR count). The number of carbonyl (C=O) groups is 1. The van der Waals surface area contributed by atoms with Crippen LogP contribution in [0, 0.1) is 17.8 Å². The number of likely N-dealkylation sites (tertiary alicyclic amines) is 1. The molecule has 2 N–H and O–H groups in total. The molecule has 1 amide bonds. The molecule has 2 saturated heterocycles. The molecule has 2 aliphatic rings. The Bertz CT molecular complexity index is 584. The second-order valence-electron chi connectivity index (χ2n) is 8.39. The zero-order chi connectivity index (χ0) is 19.1. The highest BCUT2D eigenvalue weighted by atomic mass is 16.5. The zero-order valence-electron chi connectivity index (χ0n) is 16.7. The molecule has 2 fully saturated rings. The van der Waals surface area contributed by atoms with E-state index in [9.17, 15) is 4.79 Å². The first-order valence-corrected chi connectivity index (χ1v) is 10.4. The molecule has 0 saturated carbocycles. The molecule has 6 heteroatoms. The Kier molecular flexibility index (Phi) is 7.47. The number of amides is 1. The maximum Gasteiger partial charge on any atom is 0.252 e. The molecule has 6 nitrogen and oxygen atoms in total. The molecule has 1 unspecified atom stereocenters. The summed E-state index contributed by atoms with van der Waals surface area (Å²) in [6.45, 7) is 11.3. The number of nitrogens with zero attached hydrogens (tertiary/aromatic N) is 2. The summed E-state index contributed by atoms with van der Waals surface area (Å²) < 4.78 is 5.39. The molecule has 0 bridgehead atoms. The largest absolute Gasteiger partial charge is 0.381 e. The summed E-state index contributed by atoms with van der Waals surface area (Å²) >= 11 is 0. The summed E-state index contributed by atoms with van der Waals surface area (Å²) in [5, 5.41) is 6.45. The standard InChI is InChI=1S/C21H34N4O2/c1-16(2)14-25-8-5-18(15-25)12-24-21(26)19-3-4-20(23-13-19)22-11-17-6-9-27-10-7-17/h3-4,13,16-18H,5-12,14-15H2,1-2H3,(H,22,23)(H,24,26). The highest BCUT2D eigenvalue weighted by Crippen LogP contribution is 2.17. The van der Waals surface area contributed by atoms with Crippen LogP contribution in [0.25, 0.3) is 0 Å². The fraction of sp³-hybridized carbons (Fsp3) is 0.714. The van der Waals surface area contributed by atoms with E-state index in [2.05, 4.69) is 34.4 Å². The van der Waals surface area contributed by atoms with Crippen molar-refractivity contribution in [3.8, 4) is 0 Å². The molecule has 0 spiro atoms. The van der Waals surface area contributed by atoms with Crippen molar-refractivity contribution >= 4 is 11.7 Å². The Hall–Kier alpha value is -1.66. The van der Waals surface area contributed by atoms with Crippen molar-refractivity contribution in [1.29, 1.82) is 0 Å². The van der Waals surface area contributed by atoms with Gasteiger partial charge in [-0.15, -0.1) is 0 Å². The summed E-state index contributed by atoms with van der Waals surface area (Å²) in [6, 6.07) is 3.75. The van der Waals surface area contributed by atoms with Crippen LogP contribution in [0.4, 0.5) is 5.82 Å². The number of hydrogen-bond acceptors (Lipinski definition) is 5. The van der Waals surface area contributed by atoms with Crippen LogP contribution in [0.5, 0.6) is 0 Å². The molecule has 0 radical (unpaired) electrons. The van der Waals surface area contributed by atoms with Crippen LogP contribution in [0.3, 0.4) is 0 Å². The minimum absolute atomic E-state index is 0.0270. The first kappa shape index (κ1) is 20.1. The molecule has 150 valence electrons. The molecular formula is C21H34N4O2. The second kappa shape index (κ2) is 10.0. The van der Waals surface area contributed by atoms with Crippen LogP contribution >= 0.6 is 0 Å². The van der Waals surface area contributed by atoms with E-state index >= 15 is 0 Å². The van der Waals surface area contributed by atoms with Gasteiger partial charge in [-0.2, -0.15) is 0 Å². The Morgan fingerprint density at radius 1 is 1.22 bits per heavy atom. The lowest BCUT2D eigenvalue weighted by Gasteiger charge is -2.22. The van der Waals surface area contributed by atoms with Gasteiger partial charge in [-0.3, -0.25) is 4.79 Å². The second-order valence-corrected chi connectivity index (χ2v) is 8.39. The number of nitrogens with one attached hydrogen (secondary N) is 2. The quantitative estimate of drug-likeness (QED) is 0.732. The van der Waals surface area contributed by atoms with Crippen LogP contribution in [0.1, 0.15) is 43.5 Å². The first-order chi connectivity index (χ1) is 13.1. The van der Waals surface area contributed by atoms with Crippen molar-refractivity contribution in [1.82, 2.24) is 15.2 Å². The third kappa shape index (κ3) is 6.47. The molecular weight excluding hydrogens is 340 g/mol. The molecule has 1 aromatic rings. The van der Waals surface area contributed by atoms with Crippen LogP contribution in [-0.2, 0) is 4.74 Å².